The van der Waals surface area contributed by atoms with Gasteiger partial charge in [0.2, 0.25) is 0 Å². The maximum Gasteiger partial charge on any atom is 0.0971 e. The lowest BCUT2D eigenvalue weighted by atomic mass is 9.95. The van der Waals surface area contributed by atoms with E-state index in [0.717, 1.165) is 77.3 Å². The van der Waals surface area contributed by atoms with E-state index < -0.39 is 0 Å². The molecule has 4 aromatic heterocycles. The number of pyridine rings is 4. The molecule has 4 heterocycles. The Labute approximate surface area is 276 Å². The average Bonchev–Trinajstić information content (AvgIpc) is 3.16. The highest BCUT2D eigenvalue weighted by Gasteiger charge is 2.13. The third-order valence-electron chi connectivity index (χ3n) is 9.50. The minimum absolute atomic E-state index is 0.892. The first-order valence-electron chi connectivity index (χ1n) is 16.1. The summed E-state index contributed by atoms with van der Waals surface area (Å²) in [5, 5.41) is 9.25. The lowest BCUT2D eigenvalue weighted by Crippen LogP contribution is -1.91. The Morgan fingerprint density at radius 2 is 0.938 bits per heavy atom. The molecule has 0 saturated carbocycles. The van der Waals surface area contributed by atoms with Gasteiger partial charge in [0.25, 0.3) is 0 Å². The fourth-order valence-corrected chi connectivity index (χ4v) is 7.16. The van der Waals surface area contributed by atoms with Crippen molar-refractivity contribution in [2.45, 2.75) is 0 Å². The van der Waals surface area contributed by atoms with Crippen LogP contribution in [0.25, 0.3) is 98.8 Å². The maximum atomic E-state index is 5.18. The Balaban J connectivity index is 1.06. The summed E-state index contributed by atoms with van der Waals surface area (Å²) < 4.78 is 0. The molecule has 0 radical (unpaired) electrons. The molecular weight excluding hydrogens is 585 g/mol. The fourth-order valence-electron chi connectivity index (χ4n) is 7.16. The van der Waals surface area contributed by atoms with Gasteiger partial charge >= 0.3 is 0 Å². The predicted molar refractivity (Wildman–Crippen MR) is 199 cm³/mol. The molecule has 0 amide bonds. The van der Waals surface area contributed by atoms with Crippen LogP contribution < -0.4 is 0 Å². The van der Waals surface area contributed by atoms with Crippen LogP contribution in [0.3, 0.4) is 0 Å². The molecule has 0 saturated heterocycles. The first-order chi connectivity index (χ1) is 23.8. The molecule has 6 aromatic carbocycles. The molecule has 10 rings (SSSR count). The summed E-state index contributed by atoms with van der Waals surface area (Å²) in [6.45, 7) is 0. The van der Waals surface area contributed by atoms with Gasteiger partial charge in [-0.05, 0) is 87.3 Å². The van der Waals surface area contributed by atoms with Crippen LogP contribution in [0.1, 0.15) is 0 Å². The standard InChI is InChI=1S/C44H26N4/c1-2-9-33-30(7-1)24-37(35-11-4-3-10-34(33)35)40-20-17-31-23-28(16-18-39(31)47-40)29-14-13-27-15-19-41(48-42(27)26-29)38-25-32-8-5-21-45-43(32)44-36(38)12-6-22-46-44/h1-26H. The molecule has 10 aromatic rings. The number of benzene rings is 6. The third-order valence-corrected chi connectivity index (χ3v) is 9.50. The summed E-state index contributed by atoms with van der Waals surface area (Å²) in [6.07, 6.45) is 3.64. The first kappa shape index (κ1) is 26.7. The van der Waals surface area contributed by atoms with Crippen LogP contribution in [0.15, 0.2) is 158 Å². The lowest BCUT2D eigenvalue weighted by molar-refractivity contribution is 1.36. The van der Waals surface area contributed by atoms with Gasteiger partial charge in [0.1, 0.15) is 0 Å². The van der Waals surface area contributed by atoms with Crippen molar-refractivity contribution in [3.8, 4) is 33.6 Å². The Morgan fingerprint density at radius 1 is 0.333 bits per heavy atom. The SMILES string of the molecule is c1ccc2c(c1)cc(-c1ccc3cc(-c4ccc5ccc(-c6cc7cccnc7c7ncccc67)nc5c4)ccc3n1)c1ccccc12. The number of rotatable bonds is 3. The number of aromatic nitrogens is 4. The molecule has 48 heavy (non-hydrogen) atoms. The second-order valence-corrected chi connectivity index (χ2v) is 12.3. The normalized spacial score (nSPS) is 11.8. The van der Waals surface area contributed by atoms with E-state index >= 15 is 0 Å². The van der Waals surface area contributed by atoms with Crippen LogP contribution in [0.2, 0.25) is 0 Å². The first-order valence-corrected chi connectivity index (χ1v) is 16.1. The second-order valence-electron chi connectivity index (χ2n) is 12.3. The van der Waals surface area contributed by atoms with Gasteiger partial charge in [-0.15, -0.1) is 0 Å². The summed E-state index contributed by atoms with van der Waals surface area (Å²) in [6, 6.07) is 51.4. The van der Waals surface area contributed by atoms with Crippen molar-refractivity contribution in [3.05, 3.63) is 158 Å². The van der Waals surface area contributed by atoms with Crippen LogP contribution in [0.5, 0.6) is 0 Å². The molecule has 0 N–H and O–H groups in total. The van der Waals surface area contributed by atoms with Gasteiger partial charge in [-0.3, -0.25) is 9.97 Å². The molecule has 0 aliphatic rings. The van der Waals surface area contributed by atoms with Gasteiger partial charge < -0.3 is 0 Å². The molecular formula is C44H26N4. The maximum absolute atomic E-state index is 5.18. The molecule has 0 unspecified atom stereocenters. The highest BCUT2D eigenvalue weighted by molar-refractivity contribution is 6.14. The quantitative estimate of drug-likeness (QED) is 0.187. The van der Waals surface area contributed by atoms with E-state index in [1.807, 2.05) is 24.5 Å². The average molecular weight is 611 g/mol. The Hall–Kier alpha value is -6.52. The zero-order chi connectivity index (χ0) is 31.6. The van der Waals surface area contributed by atoms with E-state index in [4.69, 9.17) is 9.97 Å². The Bertz CT molecular complexity index is 2910. The predicted octanol–water partition coefficient (Wildman–Crippen LogP) is 11.2. The van der Waals surface area contributed by atoms with Crippen LogP contribution in [0.4, 0.5) is 0 Å². The lowest BCUT2D eigenvalue weighted by Gasteiger charge is -2.12. The van der Waals surface area contributed by atoms with Crippen molar-refractivity contribution in [2.24, 2.45) is 0 Å². The van der Waals surface area contributed by atoms with Crippen molar-refractivity contribution >= 4 is 65.2 Å². The van der Waals surface area contributed by atoms with Crippen LogP contribution >= 0.6 is 0 Å². The molecule has 4 nitrogen and oxygen atoms in total. The van der Waals surface area contributed by atoms with Gasteiger partial charge in [0.05, 0.1) is 33.5 Å². The number of hydrogen-bond donors (Lipinski definition) is 0. The molecule has 0 fully saturated rings. The van der Waals surface area contributed by atoms with Crippen molar-refractivity contribution in [2.75, 3.05) is 0 Å². The van der Waals surface area contributed by atoms with Crippen LogP contribution in [-0.4, -0.2) is 19.9 Å². The van der Waals surface area contributed by atoms with Crippen LogP contribution in [0, 0.1) is 0 Å². The van der Waals surface area contributed by atoms with Crippen LogP contribution in [-0.2, 0) is 0 Å². The minimum atomic E-state index is 0.892. The summed E-state index contributed by atoms with van der Waals surface area (Å²) >= 11 is 0. The summed E-state index contributed by atoms with van der Waals surface area (Å²) in [5.74, 6) is 0. The van der Waals surface area contributed by atoms with Gasteiger partial charge in [0.15, 0.2) is 0 Å². The van der Waals surface area contributed by atoms with E-state index in [9.17, 15) is 0 Å². The minimum Gasteiger partial charge on any atom is -0.254 e. The van der Waals surface area contributed by atoms with E-state index in [1.54, 1.807) is 0 Å². The van der Waals surface area contributed by atoms with E-state index in [-0.39, 0.29) is 0 Å². The summed E-state index contributed by atoms with van der Waals surface area (Å²) in [4.78, 5) is 19.6. The number of fused-ring (bicyclic) bond motifs is 8. The fraction of sp³-hybridized carbons (Fsp3) is 0. The van der Waals surface area contributed by atoms with Gasteiger partial charge in [-0.1, -0.05) is 91.0 Å². The largest absolute Gasteiger partial charge is 0.254 e. The number of nitrogens with zero attached hydrogens (tertiary/aromatic N) is 4. The Kier molecular flexibility index (Phi) is 5.84. The van der Waals surface area contributed by atoms with Gasteiger partial charge in [0, 0.05) is 45.1 Å². The Morgan fingerprint density at radius 3 is 1.83 bits per heavy atom. The van der Waals surface area contributed by atoms with E-state index in [0.29, 0.717) is 0 Å². The zero-order valence-corrected chi connectivity index (χ0v) is 25.8. The van der Waals surface area contributed by atoms with Gasteiger partial charge in [-0.2, -0.15) is 0 Å². The highest BCUT2D eigenvalue weighted by Crippen LogP contribution is 2.36. The summed E-state index contributed by atoms with van der Waals surface area (Å²) in [5.41, 5.74) is 10.1. The van der Waals surface area contributed by atoms with Crippen molar-refractivity contribution in [3.63, 3.8) is 0 Å². The third kappa shape index (κ3) is 4.24. The number of hydrogen-bond acceptors (Lipinski definition) is 4. The molecule has 0 bridgehead atoms. The zero-order valence-electron chi connectivity index (χ0n) is 25.8. The molecule has 4 heteroatoms. The molecule has 0 spiro atoms. The highest BCUT2D eigenvalue weighted by atomic mass is 14.7. The van der Waals surface area contributed by atoms with Gasteiger partial charge in [-0.25, -0.2) is 9.97 Å². The molecule has 222 valence electrons. The smallest absolute Gasteiger partial charge is 0.0971 e. The van der Waals surface area contributed by atoms with E-state index in [1.165, 1.54) is 21.5 Å². The molecule has 0 aliphatic heterocycles. The monoisotopic (exact) mass is 610 g/mol. The van der Waals surface area contributed by atoms with E-state index in [2.05, 4.69) is 143 Å². The molecule has 0 atom stereocenters. The summed E-state index contributed by atoms with van der Waals surface area (Å²) in [7, 11) is 0. The second kappa shape index (κ2) is 10.5. The van der Waals surface area contributed by atoms with Crippen molar-refractivity contribution in [1.29, 1.82) is 0 Å². The molecule has 0 aliphatic carbocycles. The van der Waals surface area contributed by atoms with Crippen molar-refractivity contribution < 1.29 is 0 Å². The van der Waals surface area contributed by atoms with Crippen molar-refractivity contribution in [1.82, 2.24) is 19.9 Å². The topological polar surface area (TPSA) is 51.6 Å².